The van der Waals surface area contributed by atoms with Gasteiger partial charge in [-0.1, -0.05) is 19.1 Å². The number of phenolic OH excluding ortho intramolecular Hbond substituents is 1. The number of imidazole rings is 1. The molecule has 0 spiro atoms. The second-order valence-electron chi connectivity index (χ2n) is 9.86. The second kappa shape index (κ2) is 10.1. The first-order valence-electron chi connectivity index (χ1n) is 12.6. The number of phenols is 1. The van der Waals surface area contributed by atoms with E-state index in [0.717, 1.165) is 47.5 Å². The maximum absolute atomic E-state index is 15.8. The Balaban J connectivity index is 1.25. The highest BCUT2D eigenvalue weighted by molar-refractivity contribution is 5.81. The molecule has 1 aliphatic carbocycles. The van der Waals surface area contributed by atoms with Crippen molar-refractivity contribution in [3.05, 3.63) is 53.1 Å². The molecule has 8 nitrogen and oxygen atoms in total. The number of amides is 1. The van der Waals surface area contributed by atoms with Crippen LogP contribution in [-0.4, -0.2) is 64.8 Å². The van der Waals surface area contributed by atoms with Crippen LogP contribution in [0.2, 0.25) is 0 Å². The van der Waals surface area contributed by atoms with E-state index in [1.54, 1.807) is 12.1 Å². The Morgan fingerprint density at radius 1 is 1.31 bits per heavy atom. The summed E-state index contributed by atoms with van der Waals surface area (Å²) in [5.41, 5.74) is 10.5. The van der Waals surface area contributed by atoms with Crippen LogP contribution in [0.25, 0.3) is 5.57 Å². The zero-order valence-corrected chi connectivity index (χ0v) is 20.4. The number of aromatic nitrogens is 2. The van der Waals surface area contributed by atoms with Crippen LogP contribution in [0.3, 0.4) is 0 Å². The smallest absolute Gasteiger partial charge is 0.224 e. The van der Waals surface area contributed by atoms with Crippen molar-refractivity contribution in [3.63, 3.8) is 0 Å². The number of aryl methyl sites for hydroxylation is 1. The topological polar surface area (TPSA) is 105 Å². The van der Waals surface area contributed by atoms with E-state index in [1.165, 1.54) is 0 Å². The fourth-order valence-corrected chi connectivity index (χ4v) is 5.90. The summed E-state index contributed by atoms with van der Waals surface area (Å²) < 4.78 is 15.8. The molecular weight excluding hydrogens is 447 g/mol. The molecule has 1 aromatic heterocycles. The Bertz CT molecular complexity index is 1100. The van der Waals surface area contributed by atoms with Crippen LogP contribution in [0, 0.1) is 5.92 Å². The molecule has 35 heavy (non-hydrogen) atoms. The summed E-state index contributed by atoms with van der Waals surface area (Å²) >= 11 is 0. The number of aromatic hydroxyl groups is 1. The molecule has 1 saturated carbocycles. The third-order valence-electron chi connectivity index (χ3n) is 7.84. The zero-order chi connectivity index (χ0) is 24.5. The lowest BCUT2D eigenvalue weighted by Gasteiger charge is -2.36. The minimum Gasteiger partial charge on any atom is -0.508 e. The molecule has 5 N–H and O–H groups in total. The lowest BCUT2D eigenvalue weighted by Crippen LogP contribution is -2.45. The largest absolute Gasteiger partial charge is 0.508 e. The van der Waals surface area contributed by atoms with Crippen LogP contribution in [0.5, 0.6) is 5.75 Å². The lowest BCUT2D eigenvalue weighted by atomic mass is 9.71. The van der Waals surface area contributed by atoms with Crippen molar-refractivity contribution >= 4 is 11.5 Å². The number of rotatable bonds is 7. The van der Waals surface area contributed by atoms with Crippen molar-refractivity contribution in [1.29, 1.82) is 0 Å². The summed E-state index contributed by atoms with van der Waals surface area (Å²) in [6, 6.07) is 4.89. The molecule has 1 amide bonds. The van der Waals surface area contributed by atoms with Gasteiger partial charge in [-0.15, -0.1) is 0 Å². The lowest BCUT2D eigenvalue weighted by molar-refractivity contribution is -0.129. The van der Waals surface area contributed by atoms with Gasteiger partial charge < -0.3 is 20.3 Å². The van der Waals surface area contributed by atoms with Gasteiger partial charge in [-0.25, -0.2) is 14.8 Å². The van der Waals surface area contributed by atoms with E-state index in [4.69, 9.17) is 0 Å². The molecule has 1 aromatic carbocycles. The molecular formula is C26H35FN6O2. The first-order valence-corrected chi connectivity index (χ1v) is 12.6. The average molecular weight is 483 g/mol. The highest BCUT2D eigenvalue weighted by atomic mass is 19.1. The van der Waals surface area contributed by atoms with E-state index in [1.807, 2.05) is 31.1 Å². The quantitative estimate of drug-likeness (QED) is 0.416. The average Bonchev–Trinajstić information content (AvgIpc) is 3.62. The molecule has 0 radical (unpaired) electrons. The van der Waals surface area contributed by atoms with Crippen molar-refractivity contribution in [2.45, 2.75) is 56.8 Å². The van der Waals surface area contributed by atoms with Gasteiger partial charge in [0.15, 0.2) is 0 Å². The highest BCUT2D eigenvalue weighted by Crippen LogP contribution is 2.45. The van der Waals surface area contributed by atoms with Crippen molar-refractivity contribution in [3.8, 4) is 5.75 Å². The van der Waals surface area contributed by atoms with Gasteiger partial charge in [0.2, 0.25) is 5.91 Å². The van der Waals surface area contributed by atoms with E-state index >= 15 is 4.39 Å². The number of hydrazine groups is 1. The third-order valence-corrected chi connectivity index (χ3v) is 7.84. The molecule has 2 aliphatic heterocycles. The van der Waals surface area contributed by atoms with E-state index in [9.17, 15) is 9.90 Å². The Hall–Kier alpha value is -2.75. The number of hydrogen-bond acceptors (Lipinski definition) is 6. The highest BCUT2D eigenvalue weighted by Gasteiger charge is 2.48. The molecule has 5 atom stereocenters. The van der Waals surface area contributed by atoms with Gasteiger partial charge >= 0.3 is 0 Å². The van der Waals surface area contributed by atoms with E-state index < -0.39 is 6.17 Å². The molecule has 188 valence electrons. The summed E-state index contributed by atoms with van der Waals surface area (Å²) in [5, 5.41) is 12.9. The van der Waals surface area contributed by atoms with Crippen LogP contribution in [0.4, 0.5) is 4.39 Å². The number of carbonyl (C=O) groups is 1. The van der Waals surface area contributed by atoms with Gasteiger partial charge in [-0.2, -0.15) is 0 Å². The monoisotopic (exact) mass is 482 g/mol. The number of nitrogens with one attached hydrogen (secondary N) is 4. The summed E-state index contributed by atoms with van der Waals surface area (Å²) in [7, 11) is 1.84. The predicted octanol–water partition coefficient (Wildman–Crippen LogP) is 2.56. The SMILES string of the molecule is CCc1cc(O)ccc1C1CCC2C(c3ncc(C4=CCN(C(=O)CCNC)C4)[nH]3)NNC2C1F. The Kier molecular flexibility index (Phi) is 6.91. The molecule has 0 bridgehead atoms. The summed E-state index contributed by atoms with van der Waals surface area (Å²) in [5.74, 6) is 1.06. The molecule has 9 heteroatoms. The van der Waals surface area contributed by atoms with Crippen LogP contribution in [0.1, 0.15) is 60.8 Å². The second-order valence-corrected chi connectivity index (χ2v) is 9.86. The fraction of sp³-hybridized carbons (Fsp3) is 0.538. The predicted molar refractivity (Wildman–Crippen MR) is 132 cm³/mol. The maximum Gasteiger partial charge on any atom is 0.224 e. The number of alkyl halides is 1. The molecule has 2 aromatic rings. The van der Waals surface area contributed by atoms with E-state index in [2.05, 4.69) is 32.2 Å². The van der Waals surface area contributed by atoms with Gasteiger partial charge in [0.25, 0.3) is 0 Å². The number of aromatic amines is 1. The van der Waals surface area contributed by atoms with E-state index in [-0.39, 0.29) is 35.6 Å². The number of hydrogen-bond donors (Lipinski definition) is 5. The van der Waals surface area contributed by atoms with Gasteiger partial charge in [0.05, 0.1) is 24.0 Å². The number of H-pyrrole nitrogens is 1. The molecule has 3 heterocycles. The number of fused-ring (bicyclic) bond motifs is 1. The number of carbonyl (C=O) groups excluding carboxylic acids is 1. The number of benzene rings is 1. The van der Waals surface area contributed by atoms with Crippen molar-refractivity contribution in [2.24, 2.45) is 5.92 Å². The summed E-state index contributed by atoms with van der Waals surface area (Å²) in [6.07, 6.45) is 5.73. The van der Waals surface area contributed by atoms with Crippen LogP contribution >= 0.6 is 0 Å². The Labute approximate surface area is 205 Å². The third kappa shape index (κ3) is 4.60. The standard InChI is InChI=1S/C26H35FN6O2/c1-3-15-12-17(34)4-5-18(15)19-6-7-20-24(23(19)27)31-32-25(20)26-29-13-21(30-26)16-9-11-33(14-16)22(35)8-10-28-2/h4-5,9,12-13,19-20,23-25,28,31-32,34H,3,6-8,10-11,14H2,1-2H3,(H,29,30). The molecule has 5 rings (SSSR count). The van der Waals surface area contributed by atoms with Crippen molar-refractivity contribution < 1.29 is 14.3 Å². The maximum atomic E-state index is 15.8. The molecule has 3 aliphatic rings. The summed E-state index contributed by atoms with van der Waals surface area (Å²) in [4.78, 5) is 22.2. The first kappa shape index (κ1) is 24.0. The van der Waals surface area contributed by atoms with Crippen LogP contribution in [0.15, 0.2) is 30.5 Å². The van der Waals surface area contributed by atoms with E-state index in [0.29, 0.717) is 26.1 Å². The van der Waals surface area contributed by atoms with Gasteiger partial charge in [-0.3, -0.25) is 10.2 Å². The Morgan fingerprint density at radius 3 is 2.97 bits per heavy atom. The molecule has 5 unspecified atom stereocenters. The molecule has 1 saturated heterocycles. The van der Waals surface area contributed by atoms with Crippen LogP contribution < -0.4 is 16.2 Å². The number of nitrogens with zero attached hydrogens (tertiary/aromatic N) is 2. The minimum atomic E-state index is -1.04. The normalized spacial score (nSPS) is 28.3. The fourth-order valence-electron chi connectivity index (χ4n) is 5.90. The molecule has 2 fully saturated rings. The van der Waals surface area contributed by atoms with Gasteiger partial charge in [0, 0.05) is 37.9 Å². The van der Waals surface area contributed by atoms with Gasteiger partial charge in [-0.05, 0) is 55.1 Å². The zero-order valence-electron chi connectivity index (χ0n) is 20.4. The number of halogens is 1. The summed E-state index contributed by atoms with van der Waals surface area (Å²) in [6.45, 7) is 3.90. The first-order chi connectivity index (χ1) is 17.0. The van der Waals surface area contributed by atoms with Crippen molar-refractivity contribution in [1.82, 2.24) is 31.0 Å². The Morgan fingerprint density at radius 2 is 2.17 bits per heavy atom. The minimum absolute atomic E-state index is 0.0830. The van der Waals surface area contributed by atoms with Crippen molar-refractivity contribution in [2.75, 3.05) is 26.7 Å². The van der Waals surface area contributed by atoms with Gasteiger partial charge in [0.1, 0.15) is 17.7 Å². The van der Waals surface area contributed by atoms with Crippen LogP contribution in [-0.2, 0) is 11.2 Å².